The summed E-state index contributed by atoms with van der Waals surface area (Å²) in [6.45, 7) is 4.66. The van der Waals surface area contributed by atoms with Crippen LogP contribution >= 0.6 is 0 Å². The van der Waals surface area contributed by atoms with Gasteiger partial charge in [0.2, 0.25) is 5.91 Å². The largest absolute Gasteiger partial charge is 0.337 e. The highest BCUT2D eigenvalue weighted by atomic mass is 19.1. The Bertz CT molecular complexity index is 528. The number of alkyl halides is 1. The van der Waals surface area contributed by atoms with Crippen LogP contribution in [0.3, 0.4) is 0 Å². The lowest BCUT2D eigenvalue weighted by Crippen LogP contribution is -2.53. The van der Waals surface area contributed by atoms with Gasteiger partial charge in [-0.05, 0) is 18.1 Å². The minimum absolute atomic E-state index is 0.102. The Balaban J connectivity index is 1.60. The van der Waals surface area contributed by atoms with Crippen LogP contribution in [0, 0.1) is 0 Å². The molecular weight excluding hydrogens is 269 g/mol. The molecule has 21 heavy (non-hydrogen) atoms. The number of carbonyl (C=O) groups is 1. The molecule has 0 aliphatic carbocycles. The summed E-state index contributed by atoms with van der Waals surface area (Å²) in [5.74, 6) is 0.102. The second kappa shape index (κ2) is 6.10. The van der Waals surface area contributed by atoms with Crippen LogP contribution in [-0.4, -0.2) is 53.0 Å². The molecular formula is C16H22FN3O. The first-order valence-electron chi connectivity index (χ1n) is 7.77. The number of likely N-dealkylation sites (tertiary alicyclic amines) is 1. The fourth-order valence-electron chi connectivity index (χ4n) is 3.00. The number of aromatic nitrogens is 1. The molecule has 1 saturated heterocycles. The number of carbonyl (C=O) groups excluding carboxylic acids is 1. The first kappa shape index (κ1) is 14.4. The van der Waals surface area contributed by atoms with Crippen molar-refractivity contribution in [2.45, 2.75) is 38.9 Å². The number of rotatable bonds is 4. The Hall–Kier alpha value is -1.49. The number of hydrogen-bond donors (Lipinski definition) is 0. The maximum atomic E-state index is 12.8. The number of hydrogen-bond acceptors (Lipinski definition) is 3. The van der Waals surface area contributed by atoms with Gasteiger partial charge in [-0.15, -0.1) is 0 Å². The second-order valence-corrected chi connectivity index (χ2v) is 6.02. The second-order valence-electron chi connectivity index (χ2n) is 6.02. The van der Waals surface area contributed by atoms with Crippen molar-refractivity contribution in [1.82, 2.24) is 14.8 Å². The molecule has 0 aromatic carbocycles. The first-order chi connectivity index (χ1) is 10.2. The van der Waals surface area contributed by atoms with Crippen LogP contribution in [0.5, 0.6) is 0 Å². The lowest BCUT2D eigenvalue weighted by atomic mass is 10.0. The molecule has 2 aliphatic rings. The summed E-state index contributed by atoms with van der Waals surface area (Å²) in [7, 11) is 0. The fourth-order valence-corrected chi connectivity index (χ4v) is 3.00. The zero-order chi connectivity index (χ0) is 14.8. The van der Waals surface area contributed by atoms with Gasteiger partial charge in [0, 0.05) is 44.0 Å². The summed E-state index contributed by atoms with van der Waals surface area (Å²) < 4.78 is 12.8. The van der Waals surface area contributed by atoms with Gasteiger partial charge in [0.25, 0.3) is 0 Å². The van der Waals surface area contributed by atoms with Gasteiger partial charge >= 0.3 is 0 Å². The van der Waals surface area contributed by atoms with Crippen molar-refractivity contribution in [3.05, 3.63) is 29.1 Å². The van der Waals surface area contributed by atoms with E-state index in [0.29, 0.717) is 26.2 Å². The van der Waals surface area contributed by atoms with Crippen molar-refractivity contribution in [2.24, 2.45) is 0 Å². The Morgan fingerprint density at radius 3 is 2.95 bits per heavy atom. The molecule has 114 valence electrons. The molecule has 1 amide bonds. The van der Waals surface area contributed by atoms with Crippen molar-refractivity contribution < 1.29 is 9.18 Å². The SMILES string of the molecule is CCCc1ccc2c(n1)CCN(C(=O)CN1CC(F)C1)C2. The summed E-state index contributed by atoms with van der Waals surface area (Å²) in [5, 5.41) is 0. The molecule has 5 heteroatoms. The van der Waals surface area contributed by atoms with Crippen LogP contribution in [-0.2, 0) is 24.2 Å². The van der Waals surface area contributed by atoms with Gasteiger partial charge in [-0.3, -0.25) is 14.7 Å². The number of fused-ring (bicyclic) bond motifs is 1. The van der Waals surface area contributed by atoms with Crippen molar-refractivity contribution in [1.29, 1.82) is 0 Å². The quantitative estimate of drug-likeness (QED) is 0.845. The minimum atomic E-state index is -0.749. The Kier molecular flexibility index (Phi) is 4.19. The molecule has 0 radical (unpaired) electrons. The number of aryl methyl sites for hydroxylation is 1. The average molecular weight is 291 g/mol. The van der Waals surface area contributed by atoms with Crippen LogP contribution in [0.1, 0.15) is 30.3 Å². The number of nitrogens with zero attached hydrogens (tertiary/aromatic N) is 3. The van der Waals surface area contributed by atoms with Crippen molar-refractivity contribution in [2.75, 3.05) is 26.2 Å². The lowest BCUT2D eigenvalue weighted by Gasteiger charge is -2.36. The van der Waals surface area contributed by atoms with E-state index >= 15 is 0 Å². The third-order valence-corrected chi connectivity index (χ3v) is 4.24. The van der Waals surface area contributed by atoms with Gasteiger partial charge in [0.05, 0.1) is 6.54 Å². The molecule has 0 saturated carbocycles. The number of amides is 1. The summed E-state index contributed by atoms with van der Waals surface area (Å²) in [6.07, 6.45) is 2.18. The minimum Gasteiger partial charge on any atom is -0.337 e. The van der Waals surface area contributed by atoms with Crippen LogP contribution in [0.15, 0.2) is 12.1 Å². The maximum absolute atomic E-state index is 12.8. The van der Waals surface area contributed by atoms with E-state index in [4.69, 9.17) is 4.98 Å². The maximum Gasteiger partial charge on any atom is 0.237 e. The first-order valence-corrected chi connectivity index (χ1v) is 7.77. The molecule has 3 heterocycles. The molecule has 0 unspecified atom stereocenters. The molecule has 1 aromatic rings. The molecule has 0 N–H and O–H groups in total. The smallest absolute Gasteiger partial charge is 0.237 e. The number of halogens is 1. The van der Waals surface area contributed by atoms with Gasteiger partial charge in [-0.2, -0.15) is 0 Å². The third kappa shape index (κ3) is 3.23. The van der Waals surface area contributed by atoms with Crippen LogP contribution in [0.2, 0.25) is 0 Å². The van der Waals surface area contributed by atoms with E-state index in [1.165, 1.54) is 0 Å². The standard InChI is InChI=1S/C16H22FN3O/c1-2-3-14-5-4-12-8-20(7-6-15(12)18-14)16(21)11-19-9-13(17)10-19/h4-5,13H,2-3,6-11H2,1H3. The summed E-state index contributed by atoms with van der Waals surface area (Å²) in [6, 6.07) is 4.17. The van der Waals surface area contributed by atoms with Crippen LogP contribution in [0.25, 0.3) is 0 Å². The summed E-state index contributed by atoms with van der Waals surface area (Å²) >= 11 is 0. The van der Waals surface area contributed by atoms with Gasteiger partial charge in [-0.25, -0.2) is 4.39 Å². The zero-order valence-electron chi connectivity index (χ0n) is 12.5. The zero-order valence-corrected chi connectivity index (χ0v) is 12.5. The Morgan fingerprint density at radius 2 is 2.24 bits per heavy atom. The molecule has 1 fully saturated rings. The van der Waals surface area contributed by atoms with Crippen molar-refractivity contribution in [3.8, 4) is 0 Å². The van der Waals surface area contributed by atoms with Crippen molar-refractivity contribution >= 4 is 5.91 Å². The highest BCUT2D eigenvalue weighted by molar-refractivity contribution is 5.78. The summed E-state index contributed by atoms with van der Waals surface area (Å²) in [5.41, 5.74) is 3.43. The van der Waals surface area contributed by atoms with Crippen LogP contribution in [0.4, 0.5) is 4.39 Å². The average Bonchev–Trinajstić information content (AvgIpc) is 2.45. The lowest BCUT2D eigenvalue weighted by molar-refractivity contribution is -0.135. The van der Waals surface area contributed by atoms with E-state index in [0.717, 1.165) is 42.8 Å². The molecule has 4 nitrogen and oxygen atoms in total. The Morgan fingerprint density at radius 1 is 1.43 bits per heavy atom. The van der Waals surface area contributed by atoms with E-state index < -0.39 is 6.17 Å². The fraction of sp³-hybridized carbons (Fsp3) is 0.625. The third-order valence-electron chi connectivity index (χ3n) is 4.24. The van der Waals surface area contributed by atoms with Gasteiger partial charge < -0.3 is 4.90 Å². The van der Waals surface area contributed by atoms with E-state index in [9.17, 15) is 9.18 Å². The molecule has 0 atom stereocenters. The highest BCUT2D eigenvalue weighted by Crippen LogP contribution is 2.19. The van der Waals surface area contributed by atoms with Crippen molar-refractivity contribution in [3.63, 3.8) is 0 Å². The topological polar surface area (TPSA) is 36.4 Å². The summed E-state index contributed by atoms with van der Waals surface area (Å²) in [4.78, 5) is 20.7. The Labute approximate surface area is 125 Å². The molecule has 2 aliphatic heterocycles. The van der Waals surface area contributed by atoms with Crippen LogP contribution < -0.4 is 0 Å². The van der Waals surface area contributed by atoms with E-state index in [1.54, 1.807) is 0 Å². The van der Waals surface area contributed by atoms with E-state index in [1.807, 2.05) is 9.80 Å². The molecule has 3 rings (SSSR count). The monoisotopic (exact) mass is 291 g/mol. The molecule has 0 spiro atoms. The highest BCUT2D eigenvalue weighted by Gasteiger charge is 2.30. The van der Waals surface area contributed by atoms with Gasteiger partial charge in [0.1, 0.15) is 6.17 Å². The normalized spacial score (nSPS) is 19.2. The molecule has 0 bridgehead atoms. The van der Waals surface area contributed by atoms with Gasteiger partial charge in [-0.1, -0.05) is 19.4 Å². The van der Waals surface area contributed by atoms with E-state index in [2.05, 4.69) is 19.1 Å². The predicted molar refractivity (Wildman–Crippen MR) is 78.7 cm³/mol. The van der Waals surface area contributed by atoms with Gasteiger partial charge in [0.15, 0.2) is 0 Å². The molecule has 1 aromatic heterocycles. The predicted octanol–water partition coefficient (Wildman–Crippen LogP) is 1.57. The number of pyridine rings is 1. The van der Waals surface area contributed by atoms with E-state index in [-0.39, 0.29) is 5.91 Å².